The highest BCUT2D eigenvalue weighted by molar-refractivity contribution is 6.31. The molecule has 0 spiro atoms. The molecule has 1 N–H and O–H groups in total. The molecular weight excluding hydrogens is 341 g/mol. The minimum Gasteiger partial charge on any atom is -0.339 e. The molecule has 1 aromatic heterocycles. The molecule has 0 bridgehead atoms. The highest BCUT2D eigenvalue weighted by atomic mass is 35.5. The van der Waals surface area contributed by atoms with Crippen LogP contribution in [0.1, 0.15) is 12.5 Å². The third kappa shape index (κ3) is 4.42. The molecule has 0 unspecified atom stereocenters. The van der Waals surface area contributed by atoms with Crippen molar-refractivity contribution in [2.45, 2.75) is 13.5 Å². The summed E-state index contributed by atoms with van der Waals surface area (Å²) in [6, 6.07) is 14.5. The van der Waals surface area contributed by atoms with Crippen LogP contribution in [0.3, 0.4) is 0 Å². The maximum atomic E-state index is 13.3. The monoisotopic (exact) mass is 357 g/mol. The highest BCUT2D eigenvalue weighted by Crippen LogP contribution is 2.22. The smallest absolute Gasteiger partial charge is 0.247 e. The van der Waals surface area contributed by atoms with Crippen LogP contribution in [0.4, 0.5) is 21.8 Å². The number of nitrogens with one attached hydrogen (secondary N) is 1. The second-order valence-corrected chi connectivity index (χ2v) is 5.80. The Bertz CT molecular complexity index is 844. The lowest BCUT2D eigenvalue weighted by Gasteiger charge is -2.20. The lowest BCUT2D eigenvalue weighted by Crippen LogP contribution is -2.24. The van der Waals surface area contributed by atoms with Crippen molar-refractivity contribution < 1.29 is 4.39 Å². The molecule has 128 valence electrons. The van der Waals surface area contributed by atoms with Gasteiger partial charge in [-0.1, -0.05) is 41.9 Å². The number of hydrogen-bond acceptors (Lipinski definition) is 5. The van der Waals surface area contributed by atoms with Gasteiger partial charge in [-0.15, -0.1) is 5.10 Å². The maximum Gasteiger partial charge on any atom is 0.247 e. The van der Waals surface area contributed by atoms with Gasteiger partial charge in [-0.25, -0.2) is 4.39 Å². The summed E-state index contributed by atoms with van der Waals surface area (Å²) in [5.41, 5.74) is 1.79. The Balaban J connectivity index is 1.78. The van der Waals surface area contributed by atoms with E-state index in [1.54, 1.807) is 6.07 Å². The molecule has 0 fully saturated rings. The van der Waals surface area contributed by atoms with Gasteiger partial charge in [0.15, 0.2) is 5.82 Å². The minimum atomic E-state index is -0.464. The van der Waals surface area contributed by atoms with E-state index < -0.39 is 5.82 Å². The molecule has 3 aromatic rings. The Morgan fingerprint density at radius 2 is 1.96 bits per heavy atom. The number of benzene rings is 2. The summed E-state index contributed by atoms with van der Waals surface area (Å²) in [5, 5.41) is 11.2. The molecule has 3 rings (SSSR count). The average molecular weight is 358 g/mol. The summed E-state index contributed by atoms with van der Waals surface area (Å²) < 4.78 is 13.3. The van der Waals surface area contributed by atoms with Crippen LogP contribution in [0.25, 0.3) is 0 Å². The highest BCUT2D eigenvalue weighted by Gasteiger charge is 2.10. The predicted octanol–water partition coefficient (Wildman–Crippen LogP) is 4.43. The van der Waals surface area contributed by atoms with Crippen LogP contribution in [-0.2, 0) is 6.54 Å². The summed E-state index contributed by atoms with van der Waals surface area (Å²) in [6.07, 6.45) is 1.51. The third-order valence-corrected chi connectivity index (χ3v) is 3.91. The molecule has 0 amide bonds. The van der Waals surface area contributed by atoms with Gasteiger partial charge < -0.3 is 10.2 Å². The van der Waals surface area contributed by atoms with Gasteiger partial charge in [0.05, 0.1) is 11.2 Å². The van der Waals surface area contributed by atoms with Crippen molar-refractivity contribution in [1.82, 2.24) is 15.2 Å². The number of nitrogens with zero attached hydrogens (tertiary/aromatic N) is 4. The first-order chi connectivity index (χ1) is 12.2. The van der Waals surface area contributed by atoms with Crippen molar-refractivity contribution in [3.05, 3.63) is 71.1 Å². The number of anilines is 3. The Labute approximate surface area is 150 Å². The first-order valence-corrected chi connectivity index (χ1v) is 8.24. The fourth-order valence-corrected chi connectivity index (χ4v) is 2.52. The first kappa shape index (κ1) is 17.1. The van der Waals surface area contributed by atoms with Gasteiger partial charge in [-0.2, -0.15) is 10.1 Å². The van der Waals surface area contributed by atoms with E-state index in [9.17, 15) is 4.39 Å². The van der Waals surface area contributed by atoms with Crippen molar-refractivity contribution in [3.63, 3.8) is 0 Å². The molecule has 1 heterocycles. The molecule has 0 aliphatic rings. The Hall–Kier alpha value is -2.73. The SMILES string of the molecule is CCN(Cc1ccccc1)c1nncc(Nc2ccc(F)c(Cl)c2)n1. The van der Waals surface area contributed by atoms with E-state index in [0.717, 1.165) is 12.1 Å². The minimum absolute atomic E-state index is 0.0477. The van der Waals surface area contributed by atoms with E-state index in [-0.39, 0.29) is 5.02 Å². The molecular formula is C18H17ClFN5. The van der Waals surface area contributed by atoms with Crippen molar-refractivity contribution in [2.24, 2.45) is 0 Å². The molecule has 0 radical (unpaired) electrons. The standard InChI is InChI=1S/C18H17ClFN5/c1-2-25(12-13-6-4-3-5-7-13)18-23-17(11-21-24-18)22-14-8-9-16(20)15(19)10-14/h3-11H,2,12H2,1H3,(H,22,23,24). The van der Waals surface area contributed by atoms with E-state index in [2.05, 4.69) is 32.6 Å². The number of halogens is 2. The van der Waals surface area contributed by atoms with Crippen LogP contribution in [0.15, 0.2) is 54.7 Å². The van der Waals surface area contributed by atoms with E-state index in [4.69, 9.17) is 11.6 Å². The predicted molar refractivity (Wildman–Crippen MR) is 97.7 cm³/mol. The topological polar surface area (TPSA) is 53.9 Å². The number of hydrogen-bond donors (Lipinski definition) is 1. The molecule has 0 saturated heterocycles. The zero-order valence-corrected chi connectivity index (χ0v) is 14.4. The first-order valence-electron chi connectivity index (χ1n) is 7.86. The molecule has 25 heavy (non-hydrogen) atoms. The summed E-state index contributed by atoms with van der Waals surface area (Å²) in [4.78, 5) is 6.51. The Kier molecular flexibility index (Phi) is 5.40. The third-order valence-electron chi connectivity index (χ3n) is 3.62. The Morgan fingerprint density at radius 3 is 2.68 bits per heavy atom. The number of aromatic nitrogens is 3. The van der Waals surface area contributed by atoms with Crippen LogP contribution in [-0.4, -0.2) is 21.7 Å². The van der Waals surface area contributed by atoms with Gasteiger partial charge in [0.1, 0.15) is 5.82 Å². The molecule has 0 saturated carbocycles. The molecule has 2 aromatic carbocycles. The van der Waals surface area contributed by atoms with Crippen molar-refractivity contribution in [3.8, 4) is 0 Å². The molecule has 7 heteroatoms. The van der Waals surface area contributed by atoms with E-state index >= 15 is 0 Å². The fraction of sp³-hybridized carbons (Fsp3) is 0.167. The normalized spacial score (nSPS) is 10.5. The molecule has 0 atom stereocenters. The molecule has 5 nitrogen and oxygen atoms in total. The van der Waals surface area contributed by atoms with Gasteiger partial charge in [0.25, 0.3) is 0 Å². The van der Waals surface area contributed by atoms with Crippen LogP contribution in [0, 0.1) is 5.82 Å². The van der Waals surface area contributed by atoms with Gasteiger partial charge >= 0.3 is 0 Å². The lowest BCUT2D eigenvalue weighted by atomic mass is 10.2. The summed E-state index contributed by atoms with van der Waals surface area (Å²) >= 11 is 5.80. The van der Waals surface area contributed by atoms with Gasteiger partial charge in [0.2, 0.25) is 5.95 Å². The molecule has 0 aliphatic heterocycles. The second kappa shape index (κ2) is 7.90. The van der Waals surface area contributed by atoms with Crippen molar-refractivity contribution >= 4 is 29.1 Å². The largest absolute Gasteiger partial charge is 0.339 e. The van der Waals surface area contributed by atoms with E-state index in [1.807, 2.05) is 30.0 Å². The van der Waals surface area contributed by atoms with Crippen molar-refractivity contribution in [1.29, 1.82) is 0 Å². The van der Waals surface area contributed by atoms with Crippen LogP contribution in [0.2, 0.25) is 5.02 Å². The summed E-state index contributed by atoms with van der Waals surface area (Å²) in [7, 11) is 0. The number of rotatable bonds is 6. The lowest BCUT2D eigenvalue weighted by molar-refractivity contribution is 0.628. The van der Waals surface area contributed by atoms with Crippen LogP contribution >= 0.6 is 11.6 Å². The second-order valence-electron chi connectivity index (χ2n) is 5.40. The summed E-state index contributed by atoms with van der Waals surface area (Å²) in [6.45, 7) is 3.46. The van der Waals surface area contributed by atoms with Gasteiger partial charge in [-0.3, -0.25) is 0 Å². The van der Waals surface area contributed by atoms with Gasteiger partial charge in [-0.05, 0) is 30.7 Å². The zero-order valence-electron chi connectivity index (χ0n) is 13.7. The van der Waals surface area contributed by atoms with E-state index in [1.165, 1.54) is 18.3 Å². The average Bonchev–Trinajstić information content (AvgIpc) is 2.64. The maximum absolute atomic E-state index is 13.3. The fourth-order valence-electron chi connectivity index (χ4n) is 2.34. The van der Waals surface area contributed by atoms with Crippen LogP contribution < -0.4 is 10.2 Å². The van der Waals surface area contributed by atoms with Crippen molar-refractivity contribution in [2.75, 3.05) is 16.8 Å². The van der Waals surface area contributed by atoms with Crippen LogP contribution in [0.5, 0.6) is 0 Å². The zero-order chi connectivity index (χ0) is 17.6. The Morgan fingerprint density at radius 1 is 1.16 bits per heavy atom. The quantitative estimate of drug-likeness (QED) is 0.707. The molecule has 0 aliphatic carbocycles. The van der Waals surface area contributed by atoms with Gasteiger partial charge in [0, 0.05) is 18.8 Å². The van der Waals surface area contributed by atoms with E-state index in [0.29, 0.717) is 24.0 Å². The summed E-state index contributed by atoms with van der Waals surface area (Å²) in [5.74, 6) is 0.567.